The van der Waals surface area contributed by atoms with Crippen LogP contribution in [-0.2, 0) is 4.74 Å². The lowest BCUT2D eigenvalue weighted by Crippen LogP contribution is -2.21. The Bertz CT molecular complexity index is 715. The fourth-order valence-corrected chi connectivity index (χ4v) is 2.98. The van der Waals surface area contributed by atoms with Crippen LogP contribution in [0.1, 0.15) is 63.2 Å². The molecular weight excluding hydrogens is 320 g/mol. The molecule has 0 amide bonds. The smallest absolute Gasteiger partial charge is 0.257 e. The largest absolute Gasteiger partial charge is 0.472 e. The molecule has 1 aliphatic heterocycles. The maximum absolute atomic E-state index is 6.12. The summed E-state index contributed by atoms with van der Waals surface area (Å²) in [5.41, 5.74) is 0. The molecule has 0 spiro atoms. The Labute approximate surface area is 146 Å². The van der Waals surface area contributed by atoms with Gasteiger partial charge in [-0.2, -0.15) is 5.10 Å². The fourth-order valence-electron chi connectivity index (χ4n) is 2.98. The molecule has 0 radical (unpaired) electrons. The van der Waals surface area contributed by atoms with E-state index in [9.17, 15) is 0 Å². The van der Waals surface area contributed by atoms with Crippen LogP contribution in [0, 0.1) is 0 Å². The van der Waals surface area contributed by atoms with Crippen LogP contribution < -0.4 is 10.1 Å². The number of hydrogen-bond donors (Lipinski definition) is 2. The normalized spacial score (nSPS) is 23.2. The van der Waals surface area contributed by atoms with Gasteiger partial charge < -0.3 is 14.8 Å². The monoisotopic (exact) mass is 344 g/mol. The molecule has 0 aromatic carbocycles. The summed E-state index contributed by atoms with van der Waals surface area (Å²) < 4.78 is 11.8. The summed E-state index contributed by atoms with van der Waals surface area (Å²) in [7, 11) is 0. The average Bonchev–Trinajstić information content (AvgIpc) is 3.14. The maximum Gasteiger partial charge on any atom is 0.257 e. The van der Waals surface area contributed by atoms with Crippen LogP contribution in [0.15, 0.2) is 12.4 Å². The van der Waals surface area contributed by atoms with Gasteiger partial charge >= 0.3 is 0 Å². The van der Waals surface area contributed by atoms with E-state index in [1.165, 1.54) is 12.8 Å². The number of nitrogens with one attached hydrogen (secondary N) is 2. The predicted octanol–water partition coefficient (Wildman–Crippen LogP) is 2.59. The van der Waals surface area contributed by atoms with Gasteiger partial charge in [0.25, 0.3) is 5.88 Å². The average molecular weight is 344 g/mol. The molecule has 2 N–H and O–H groups in total. The van der Waals surface area contributed by atoms with Crippen LogP contribution in [0.2, 0.25) is 0 Å². The van der Waals surface area contributed by atoms with Gasteiger partial charge in [0.05, 0.1) is 12.2 Å². The van der Waals surface area contributed by atoms with E-state index in [0.717, 1.165) is 24.5 Å². The molecule has 2 fully saturated rings. The van der Waals surface area contributed by atoms with Crippen molar-refractivity contribution in [1.29, 1.82) is 0 Å². The number of hydrogen-bond acceptors (Lipinski definition) is 7. The third kappa shape index (κ3) is 3.89. The first-order chi connectivity index (χ1) is 12.2. The summed E-state index contributed by atoms with van der Waals surface area (Å²) in [6.07, 6.45) is 7.76. The van der Waals surface area contributed by atoms with Crippen molar-refractivity contribution in [3.8, 4) is 5.88 Å². The van der Waals surface area contributed by atoms with Gasteiger partial charge in [-0.05, 0) is 39.5 Å². The van der Waals surface area contributed by atoms with E-state index in [4.69, 9.17) is 9.47 Å². The number of aromatic amines is 1. The number of anilines is 1. The quantitative estimate of drug-likeness (QED) is 0.796. The molecular formula is C17H24N6O2. The minimum atomic E-state index is 0.0000389. The van der Waals surface area contributed by atoms with Crippen molar-refractivity contribution in [2.24, 2.45) is 0 Å². The van der Waals surface area contributed by atoms with Gasteiger partial charge in [0.1, 0.15) is 6.10 Å². The Morgan fingerprint density at radius 2 is 2.08 bits per heavy atom. The van der Waals surface area contributed by atoms with Gasteiger partial charge in [-0.15, -0.1) is 0 Å². The van der Waals surface area contributed by atoms with Crippen molar-refractivity contribution in [3.63, 3.8) is 0 Å². The minimum absolute atomic E-state index is 0.0000389. The molecule has 0 unspecified atom stereocenters. The summed E-state index contributed by atoms with van der Waals surface area (Å²) in [5.74, 6) is 3.53. The maximum atomic E-state index is 6.12. The first-order valence-corrected chi connectivity index (χ1v) is 8.98. The zero-order chi connectivity index (χ0) is 17.2. The molecule has 1 aliphatic carbocycles. The Morgan fingerprint density at radius 1 is 1.24 bits per heavy atom. The second-order valence-corrected chi connectivity index (χ2v) is 6.93. The van der Waals surface area contributed by atoms with Crippen LogP contribution in [0.3, 0.4) is 0 Å². The van der Waals surface area contributed by atoms with Crippen molar-refractivity contribution in [2.75, 3.05) is 11.9 Å². The number of H-pyrrole nitrogens is 1. The standard InChI is InChI=1S/C17H24N6O2/c1-10(2)24-17-16(18-7-8-19-17)20-9-12-5-6-13(25-12)15-21-14(22-23-15)11-3-4-11/h7-8,10-13H,3-6,9H2,1-2H3,(H,18,20)(H,21,22,23)/t12-,13+/m1/s1. The lowest BCUT2D eigenvalue weighted by Gasteiger charge is -2.16. The van der Waals surface area contributed by atoms with Crippen LogP contribution in [0.5, 0.6) is 5.88 Å². The number of rotatable bonds is 7. The zero-order valence-corrected chi connectivity index (χ0v) is 14.6. The predicted molar refractivity (Wildman–Crippen MR) is 91.5 cm³/mol. The number of nitrogens with zero attached hydrogens (tertiary/aromatic N) is 4. The summed E-state index contributed by atoms with van der Waals surface area (Å²) >= 11 is 0. The van der Waals surface area contributed by atoms with Crippen molar-refractivity contribution < 1.29 is 9.47 Å². The van der Waals surface area contributed by atoms with Gasteiger partial charge in [0.2, 0.25) is 0 Å². The fraction of sp³-hybridized carbons (Fsp3) is 0.647. The van der Waals surface area contributed by atoms with Gasteiger partial charge in [0, 0.05) is 24.9 Å². The molecule has 1 saturated carbocycles. The molecule has 1 saturated heterocycles. The van der Waals surface area contributed by atoms with E-state index in [-0.39, 0.29) is 18.3 Å². The molecule has 2 aliphatic rings. The van der Waals surface area contributed by atoms with Crippen LogP contribution in [0.4, 0.5) is 5.82 Å². The van der Waals surface area contributed by atoms with Gasteiger partial charge in [-0.3, -0.25) is 5.10 Å². The van der Waals surface area contributed by atoms with E-state index in [1.807, 2.05) is 13.8 Å². The van der Waals surface area contributed by atoms with Gasteiger partial charge in [0.15, 0.2) is 17.5 Å². The molecule has 3 heterocycles. The molecule has 2 aromatic rings. The second-order valence-electron chi connectivity index (χ2n) is 6.93. The SMILES string of the molecule is CC(C)Oc1nccnc1NC[C@H]1CC[C@@H](c2nc(C3CC3)n[nH]2)O1. The van der Waals surface area contributed by atoms with Crippen molar-refractivity contribution in [2.45, 2.75) is 63.8 Å². The summed E-state index contributed by atoms with van der Waals surface area (Å²) in [6.45, 7) is 4.60. The molecule has 8 nitrogen and oxygen atoms in total. The molecule has 4 rings (SSSR count). The third-order valence-corrected chi connectivity index (χ3v) is 4.38. The Balaban J connectivity index is 1.32. The van der Waals surface area contributed by atoms with Crippen LogP contribution in [-0.4, -0.2) is 43.9 Å². The lowest BCUT2D eigenvalue weighted by atomic mass is 10.2. The van der Waals surface area contributed by atoms with Crippen molar-refractivity contribution >= 4 is 5.82 Å². The molecule has 0 bridgehead atoms. The van der Waals surface area contributed by atoms with E-state index >= 15 is 0 Å². The summed E-state index contributed by atoms with van der Waals surface area (Å²) in [5, 5.41) is 10.7. The van der Waals surface area contributed by atoms with Crippen molar-refractivity contribution in [1.82, 2.24) is 25.1 Å². The highest BCUT2D eigenvalue weighted by atomic mass is 16.5. The first-order valence-electron chi connectivity index (χ1n) is 8.98. The highest BCUT2D eigenvalue weighted by Gasteiger charge is 2.32. The Kier molecular flexibility index (Phi) is 4.52. The topological polar surface area (TPSA) is 97.8 Å². The van der Waals surface area contributed by atoms with E-state index in [1.54, 1.807) is 12.4 Å². The van der Waals surface area contributed by atoms with Gasteiger partial charge in [-0.25, -0.2) is 15.0 Å². The lowest BCUT2D eigenvalue weighted by molar-refractivity contribution is 0.0471. The Morgan fingerprint density at radius 3 is 2.88 bits per heavy atom. The minimum Gasteiger partial charge on any atom is -0.472 e. The molecule has 8 heteroatoms. The van der Waals surface area contributed by atoms with E-state index in [2.05, 4.69) is 30.5 Å². The van der Waals surface area contributed by atoms with E-state index < -0.39 is 0 Å². The number of ether oxygens (including phenoxy) is 2. The molecule has 2 atom stereocenters. The van der Waals surface area contributed by atoms with Crippen LogP contribution in [0.25, 0.3) is 0 Å². The third-order valence-electron chi connectivity index (χ3n) is 4.38. The first kappa shape index (κ1) is 16.3. The molecule has 25 heavy (non-hydrogen) atoms. The number of aromatic nitrogens is 5. The summed E-state index contributed by atoms with van der Waals surface area (Å²) in [6, 6.07) is 0. The van der Waals surface area contributed by atoms with Crippen LogP contribution >= 0.6 is 0 Å². The summed E-state index contributed by atoms with van der Waals surface area (Å²) in [4.78, 5) is 13.2. The second kappa shape index (κ2) is 6.95. The Hall–Kier alpha value is -2.22. The van der Waals surface area contributed by atoms with Crippen molar-refractivity contribution in [3.05, 3.63) is 24.0 Å². The van der Waals surface area contributed by atoms with E-state index in [0.29, 0.717) is 24.2 Å². The zero-order valence-electron chi connectivity index (χ0n) is 14.6. The highest BCUT2D eigenvalue weighted by Crippen LogP contribution is 2.39. The highest BCUT2D eigenvalue weighted by molar-refractivity contribution is 5.44. The molecule has 2 aromatic heterocycles. The molecule has 134 valence electrons. The van der Waals surface area contributed by atoms with Gasteiger partial charge in [-0.1, -0.05) is 0 Å².